The fraction of sp³-hybridized carbons (Fsp3) is 0.471. The van der Waals surface area contributed by atoms with Crippen LogP contribution < -0.4 is 5.43 Å². The van der Waals surface area contributed by atoms with Gasteiger partial charge in [-0.05, 0) is 37.8 Å². The monoisotopic (exact) mass is 347 g/mol. The summed E-state index contributed by atoms with van der Waals surface area (Å²) >= 11 is 3.09. The van der Waals surface area contributed by atoms with E-state index in [0.717, 1.165) is 20.3 Å². The lowest BCUT2D eigenvalue weighted by molar-refractivity contribution is -0.118. The summed E-state index contributed by atoms with van der Waals surface area (Å²) in [6.07, 6.45) is 6.28. The zero-order chi connectivity index (χ0) is 16.1. The molecule has 0 radical (unpaired) electrons. The number of hydrogen-bond acceptors (Lipinski definition) is 5. The molecular formula is C17H21N3OS2. The summed E-state index contributed by atoms with van der Waals surface area (Å²) in [6, 6.07) is 8.03. The molecule has 2 aromatic rings. The third-order valence-electron chi connectivity index (χ3n) is 4.15. The minimum absolute atomic E-state index is 0.0654. The van der Waals surface area contributed by atoms with Gasteiger partial charge in [0.1, 0.15) is 0 Å². The molecule has 6 heteroatoms. The maximum absolute atomic E-state index is 12.0. The van der Waals surface area contributed by atoms with E-state index in [1.807, 2.05) is 25.1 Å². The third kappa shape index (κ3) is 4.54. The molecule has 0 saturated heterocycles. The molecule has 1 heterocycles. The molecule has 1 N–H and O–H groups in total. The number of carbonyl (C=O) groups is 1. The zero-order valence-corrected chi connectivity index (χ0v) is 14.9. The summed E-state index contributed by atoms with van der Waals surface area (Å²) < 4.78 is 2.08. The van der Waals surface area contributed by atoms with E-state index in [1.165, 1.54) is 43.9 Å². The van der Waals surface area contributed by atoms with Crippen molar-refractivity contribution in [2.45, 2.75) is 43.4 Å². The van der Waals surface area contributed by atoms with Crippen LogP contribution in [-0.2, 0) is 4.79 Å². The highest BCUT2D eigenvalue weighted by molar-refractivity contribution is 8.01. The molecule has 3 rings (SSSR count). The van der Waals surface area contributed by atoms with E-state index in [0.29, 0.717) is 11.7 Å². The Morgan fingerprint density at radius 2 is 2.13 bits per heavy atom. The van der Waals surface area contributed by atoms with Crippen LogP contribution in [0.2, 0.25) is 0 Å². The topological polar surface area (TPSA) is 54.4 Å². The smallest absolute Gasteiger partial charge is 0.250 e. The highest BCUT2D eigenvalue weighted by atomic mass is 32.2. The molecule has 0 aliphatic heterocycles. The number of nitrogens with zero attached hydrogens (tertiary/aromatic N) is 2. The van der Waals surface area contributed by atoms with Crippen LogP contribution >= 0.6 is 23.1 Å². The van der Waals surface area contributed by atoms with Crippen LogP contribution in [0.4, 0.5) is 0 Å². The first-order valence-electron chi connectivity index (χ1n) is 8.04. The summed E-state index contributed by atoms with van der Waals surface area (Å²) in [5, 5.41) is 4.29. The van der Waals surface area contributed by atoms with Gasteiger partial charge in [0.25, 0.3) is 5.91 Å². The van der Waals surface area contributed by atoms with Crippen molar-refractivity contribution in [2.24, 2.45) is 11.0 Å². The van der Waals surface area contributed by atoms with Crippen LogP contribution in [0.15, 0.2) is 33.7 Å². The van der Waals surface area contributed by atoms with Crippen LogP contribution in [0, 0.1) is 5.92 Å². The van der Waals surface area contributed by atoms with E-state index < -0.39 is 0 Å². The highest BCUT2D eigenvalue weighted by Gasteiger charge is 2.16. The van der Waals surface area contributed by atoms with Gasteiger partial charge in [0.15, 0.2) is 4.34 Å². The number of amides is 1. The van der Waals surface area contributed by atoms with Gasteiger partial charge in [0.2, 0.25) is 0 Å². The molecule has 1 aromatic heterocycles. The Bertz CT molecular complexity index is 672. The molecule has 1 aliphatic carbocycles. The fourth-order valence-corrected chi connectivity index (χ4v) is 4.70. The van der Waals surface area contributed by atoms with Gasteiger partial charge < -0.3 is 0 Å². The second-order valence-electron chi connectivity index (χ2n) is 5.86. The molecule has 0 bridgehead atoms. The summed E-state index contributed by atoms with van der Waals surface area (Å²) in [4.78, 5) is 16.5. The second kappa shape index (κ2) is 7.93. The largest absolute Gasteiger partial charge is 0.272 e. The van der Waals surface area contributed by atoms with Crippen LogP contribution in [0.1, 0.15) is 39.0 Å². The Balaban J connectivity index is 1.49. The maximum Gasteiger partial charge on any atom is 0.250 e. The highest BCUT2D eigenvalue weighted by Crippen LogP contribution is 2.29. The van der Waals surface area contributed by atoms with E-state index in [2.05, 4.69) is 21.6 Å². The Morgan fingerprint density at radius 3 is 2.91 bits per heavy atom. The fourth-order valence-electron chi connectivity index (χ4n) is 2.83. The molecule has 0 spiro atoms. The molecule has 1 fully saturated rings. The molecule has 1 aliphatic rings. The first-order valence-corrected chi connectivity index (χ1v) is 9.84. The van der Waals surface area contributed by atoms with Crippen molar-refractivity contribution >= 4 is 44.9 Å². The number of thioether (sulfide) groups is 1. The van der Waals surface area contributed by atoms with Gasteiger partial charge in [-0.25, -0.2) is 10.4 Å². The summed E-state index contributed by atoms with van der Waals surface area (Å²) in [7, 11) is 0. The maximum atomic E-state index is 12.0. The van der Waals surface area contributed by atoms with E-state index >= 15 is 0 Å². The van der Waals surface area contributed by atoms with Gasteiger partial charge in [-0.3, -0.25) is 4.79 Å². The first kappa shape index (κ1) is 16.5. The number of thiazole rings is 1. The van der Waals surface area contributed by atoms with Crippen LogP contribution in [0.25, 0.3) is 10.2 Å². The number of carbonyl (C=O) groups excluding carboxylic acids is 1. The summed E-state index contributed by atoms with van der Waals surface area (Å²) in [6.45, 7) is 2.02. The van der Waals surface area contributed by atoms with Crippen LogP contribution in [-0.4, -0.2) is 22.4 Å². The van der Waals surface area contributed by atoms with Crippen molar-refractivity contribution in [3.8, 4) is 0 Å². The summed E-state index contributed by atoms with van der Waals surface area (Å²) in [5.74, 6) is 0.826. The second-order valence-corrected chi connectivity index (χ2v) is 8.11. The number of hydrazone groups is 1. The Morgan fingerprint density at radius 1 is 1.35 bits per heavy atom. The lowest BCUT2D eigenvalue weighted by atomic mass is 9.86. The van der Waals surface area contributed by atoms with Crippen molar-refractivity contribution in [2.75, 3.05) is 5.75 Å². The van der Waals surface area contributed by atoms with Crippen molar-refractivity contribution in [1.82, 2.24) is 10.4 Å². The average molecular weight is 348 g/mol. The van der Waals surface area contributed by atoms with Gasteiger partial charge >= 0.3 is 0 Å². The average Bonchev–Trinajstić information content (AvgIpc) is 3.01. The third-order valence-corrected chi connectivity index (χ3v) is 6.33. The Hall–Kier alpha value is -1.40. The molecule has 23 heavy (non-hydrogen) atoms. The number of rotatable bonds is 5. The molecule has 122 valence electrons. The molecule has 1 aromatic carbocycles. The molecule has 1 amide bonds. The molecule has 4 nitrogen and oxygen atoms in total. The minimum Gasteiger partial charge on any atom is -0.272 e. The van der Waals surface area contributed by atoms with Gasteiger partial charge in [-0.15, -0.1) is 11.3 Å². The van der Waals surface area contributed by atoms with Crippen molar-refractivity contribution in [1.29, 1.82) is 0 Å². The van der Waals surface area contributed by atoms with E-state index in [1.54, 1.807) is 11.3 Å². The predicted octanol–water partition coefficient (Wildman–Crippen LogP) is 4.46. The van der Waals surface area contributed by atoms with Crippen molar-refractivity contribution in [3.63, 3.8) is 0 Å². The first-order chi connectivity index (χ1) is 11.2. The van der Waals surface area contributed by atoms with Gasteiger partial charge in [-0.1, -0.05) is 43.2 Å². The quantitative estimate of drug-likeness (QED) is 0.493. The van der Waals surface area contributed by atoms with Gasteiger partial charge in [-0.2, -0.15) is 5.10 Å². The van der Waals surface area contributed by atoms with Crippen LogP contribution in [0.3, 0.4) is 0 Å². The lowest BCUT2D eigenvalue weighted by Gasteiger charge is -2.21. The minimum atomic E-state index is -0.0654. The number of fused-ring (bicyclic) bond motifs is 1. The molecular weight excluding hydrogens is 326 g/mol. The van der Waals surface area contributed by atoms with Gasteiger partial charge in [0.05, 0.1) is 16.0 Å². The SMILES string of the molecule is C/C(=N/NC(=O)CSc1nc2ccccc2s1)C1CCCCC1. The Labute approximate surface area is 144 Å². The van der Waals surface area contributed by atoms with E-state index in [4.69, 9.17) is 0 Å². The van der Waals surface area contributed by atoms with Gasteiger partial charge in [0, 0.05) is 5.71 Å². The van der Waals surface area contributed by atoms with E-state index in [9.17, 15) is 4.79 Å². The zero-order valence-electron chi connectivity index (χ0n) is 13.2. The number of nitrogens with one attached hydrogen (secondary N) is 1. The molecule has 1 saturated carbocycles. The number of benzene rings is 1. The summed E-state index contributed by atoms with van der Waals surface area (Å²) in [5.41, 5.74) is 4.74. The standard InChI is InChI=1S/C17H21N3OS2/c1-12(13-7-3-2-4-8-13)19-20-16(21)11-22-17-18-14-9-5-6-10-15(14)23-17/h5-6,9-10,13H,2-4,7-8,11H2,1H3,(H,20,21)/b19-12-. The van der Waals surface area contributed by atoms with Crippen molar-refractivity contribution in [3.05, 3.63) is 24.3 Å². The number of hydrogen-bond donors (Lipinski definition) is 1. The molecule has 0 unspecified atom stereocenters. The predicted molar refractivity (Wildman–Crippen MR) is 98.2 cm³/mol. The van der Waals surface area contributed by atoms with Crippen molar-refractivity contribution < 1.29 is 4.79 Å². The number of para-hydroxylation sites is 1. The normalized spacial score (nSPS) is 16.7. The molecule has 0 atom stereocenters. The Kier molecular flexibility index (Phi) is 5.67. The number of aromatic nitrogens is 1. The van der Waals surface area contributed by atoms with E-state index in [-0.39, 0.29) is 5.91 Å². The van der Waals surface area contributed by atoms with Crippen LogP contribution in [0.5, 0.6) is 0 Å². The lowest BCUT2D eigenvalue weighted by Crippen LogP contribution is -2.24.